The first-order chi connectivity index (χ1) is 5.11. The van der Waals surface area contributed by atoms with Crippen LogP contribution in [0.2, 0.25) is 0 Å². The second kappa shape index (κ2) is 3.11. The van der Waals surface area contributed by atoms with E-state index in [9.17, 15) is 4.79 Å². The van der Waals surface area contributed by atoms with Crippen molar-refractivity contribution in [2.24, 2.45) is 5.73 Å². The van der Waals surface area contributed by atoms with Gasteiger partial charge in [0.2, 0.25) is 0 Å². The number of Topliss-reactive ketones (excluding diaryl/α,β-unsaturated/α-hetero) is 1. The zero-order chi connectivity index (χ0) is 8.43. The number of ketones is 1. The molecule has 60 valence electrons. The smallest absolute Gasteiger partial charge is 0.171 e. The summed E-state index contributed by atoms with van der Waals surface area (Å²) in [5.74, 6) is 0.0504. The van der Waals surface area contributed by atoms with Gasteiger partial charge >= 0.3 is 0 Å². The van der Waals surface area contributed by atoms with E-state index in [1.54, 1.807) is 6.20 Å². The number of carbonyl (C=O) groups excluding carboxylic acids is 1. The summed E-state index contributed by atoms with van der Waals surface area (Å²) in [6.07, 6.45) is 1.58. The van der Waals surface area contributed by atoms with Gasteiger partial charge in [0.1, 0.15) is 5.01 Å². The molecule has 0 fully saturated rings. The van der Waals surface area contributed by atoms with Gasteiger partial charge in [-0.1, -0.05) is 0 Å². The third-order valence-corrected chi connectivity index (χ3v) is 2.56. The fourth-order valence-electron chi connectivity index (χ4n) is 0.661. The number of carbonyl (C=O) groups is 1. The third-order valence-electron chi connectivity index (χ3n) is 1.26. The van der Waals surface area contributed by atoms with Crippen LogP contribution in [0.4, 0.5) is 0 Å². The zero-order valence-corrected chi connectivity index (χ0v) is 7.31. The summed E-state index contributed by atoms with van der Waals surface area (Å²) in [5.41, 5.74) is 5.56. The Hall–Kier alpha value is -0.740. The summed E-state index contributed by atoms with van der Waals surface area (Å²) >= 11 is 1.36. The molecule has 0 aliphatic heterocycles. The Morgan fingerprint density at radius 3 is 2.73 bits per heavy atom. The van der Waals surface area contributed by atoms with Crippen LogP contribution in [0.1, 0.15) is 34.6 Å². The van der Waals surface area contributed by atoms with Crippen molar-refractivity contribution in [2.45, 2.75) is 19.9 Å². The Bertz CT molecular complexity index is 267. The van der Waals surface area contributed by atoms with Crippen molar-refractivity contribution in [2.75, 3.05) is 0 Å². The van der Waals surface area contributed by atoms with Crippen LogP contribution in [-0.4, -0.2) is 10.8 Å². The van der Waals surface area contributed by atoms with Crippen LogP contribution in [0.3, 0.4) is 0 Å². The molecule has 0 aromatic carbocycles. The topological polar surface area (TPSA) is 56.0 Å². The highest BCUT2D eigenvalue weighted by molar-refractivity contribution is 7.13. The highest BCUT2D eigenvalue weighted by atomic mass is 32.1. The molecule has 2 N–H and O–H groups in total. The minimum Gasteiger partial charge on any atom is -0.322 e. The van der Waals surface area contributed by atoms with E-state index in [0.717, 1.165) is 5.01 Å². The highest BCUT2D eigenvalue weighted by Gasteiger charge is 2.07. The lowest BCUT2D eigenvalue weighted by atomic mass is 10.4. The summed E-state index contributed by atoms with van der Waals surface area (Å²) in [7, 11) is 0. The van der Waals surface area contributed by atoms with Crippen molar-refractivity contribution in [3.05, 3.63) is 16.1 Å². The quantitative estimate of drug-likeness (QED) is 0.682. The number of nitrogens with zero attached hydrogens (tertiary/aromatic N) is 1. The molecule has 3 nitrogen and oxygen atoms in total. The van der Waals surface area contributed by atoms with E-state index in [0.29, 0.717) is 4.88 Å². The van der Waals surface area contributed by atoms with Crippen molar-refractivity contribution in [3.8, 4) is 0 Å². The van der Waals surface area contributed by atoms with Crippen molar-refractivity contribution in [3.63, 3.8) is 0 Å². The number of nitrogens with two attached hydrogens (primary N) is 1. The standard InChI is InChI=1S/C7H10N2OS/c1-4(8)7-9-3-6(11-7)5(2)10/h3-4H,8H2,1-2H3/t4-/m1/s1. The summed E-state index contributed by atoms with van der Waals surface area (Å²) < 4.78 is 0. The van der Waals surface area contributed by atoms with Crippen molar-refractivity contribution >= 4 is 17.1 Å². The maximum absolute atomic E-state index is 10.8. The first kappa shape index (κ1) is 8.36. The molecule has 0 amide bonds. The molecule has 1 aromatic heterocycles. The molecule has 0 saturated carbocycles. The van der Waals surface area contributed by atoms with Gasteiger partial charge in [-0.2, -0.15) is 0 Å². The highest BCUT2D eigenvalue weighted by Crippen LogP contribution is 2.17. The van der Waals surface area contributed by atoms with E-state index in [-0.39, 0.29) is 11.8 Å². The summed E-state index contributed by atoms with van der Waals surface area (Å²) in [4.78, 5) is 15.5. The van der Waals surface area contributed by atoms with Gasteiger partial charge in [-0.05, 0) is 6.92 Å². The van der Waals surface area contributed by atoms with Crippen molar-refractivity contribution in [1.82, 2.24) is 4.98 Å². The first-order valence-electron chi connectivity index (χ1n) is 3.33. The van der Waals surface area contributed by atoms with Gasteiger partial charge in [0.25, 0.3) is 0 Å². The average Bonchev–Trinajstić information content (AvgIpc) is 2.33. The third kappa shape index (κ3) is 1.85. The van der Waals surface area contributed by atoms with Crippen LogP contribution in [0, 0.1) is 0 Å². The summed E-state index contributed by atoms with van der Waals surface area (Å²) in [5, 5.41) is 0.815. The lowest BCUT2D eigenvalue weighted by Crippen LogP contribution is -2.03. The molecule has 0 radical (unpaired) electrons. The van der Waals surface area contributed by atoms with E-state index >= 15 is 0 Å². The Morgan fingerprint density at radius 1 is 1.82 bits per heavy atom. The lowest BCUT2D eigenvalue weighted by Gasteiger charge is -1.95. The van der Waals surface area contributed by atoms with Gasteiger partial charge in [0.15, 0.2) is 5.78 Å². The van der Waals surface area contributed by atoms with Gasteiger partial charge in [0.05, 0.1) is 10.9 Å². The van der Waals surface area contributed by atoms with Gasteiger partial charge in [-0.15, -0.1) is 11.3 Å². The van der Waals surface area contributed by atoms with Gasteiger partial charge in [0, 0.05) is 13.1 Å². The maximum Gasteiger partial charge on any atom is 0.171 e. The van der Waals surface area contributed by atoms with Crippen LogP contribution in [0.15, 0.2) is 6.20 Å². The molecule has 0 unspecified atom stereocenters. The molecular formula is C7H10N2OS. The SMILES string of the molecule is CC(=O)c1cnc([C@@H](C)N)s1. The lowest BCUT2D eigenvalue weighted by molar-refractivity contribution is 0.102. The molecule has 1 rings (SSSR count). The normalized spacial score (nSPS) is 13.0. The predicted octanol–water partition coefficient (Wildman–Crippen LogP) is 1.37. The zero-order valence-electron chi connectivity index (χ0n) is 6.50. The first-order valence-corrected chi connectivity index (χ1v) is 4.15. The Labute approximate surface area is 69.3 Å². The van der Waals surface area contributed by atoms with E-state index in [1.807, 2.05) is 6.92 Å². The Balaban J connectivity index is 2.90. The van der Waals surface area contributed by atoms with Crippen LogP contribution in [0.25, 0.3) is 0 Å². The molecule has 0 aliphatic carbocycles. The van der Waals surface area contributed by atoms with Gasteiger partial charge in [-0.3, -0.25) is 4.79 Å². The summed E-state index contributed by atoms with van der Waals surface area (Å²) in [6.45, 7) is 3.38. The molecule has 0 saturated heterocycles. The molecular weight excluding hydrogens is 160 g/mol. The van der Waals surface area contributed by atoms with Gasteiger partial charge < -0.3 is 5.73 Å². The van der Waals surface area contributed by atoms with Gasteiger partial charge in [-0.25, -0.2) is 4.98 Å². The van der Waals surface area contributed by atoms with E-state index in [2.05, 4.69) is 4.98 Å². The fraction of sp³-hybridized carbons (Fsp3) is 0.429. The van der Waals surface area contributed by atoms with E-state index in [4.69, 9.17) is 5.73 Å². The second-order valence-electron chi connectivity index (χ2n) is 2.41. The number of thiazole rings is 1. The molecule has 1 heterocycles. The molecule has 1 atom stereocenters. The number of hydrogen-bond acceptors (Lipinski definition) is 4. The molecule has 0 bridgehead atoms. The number of rotatable bonds is 2. The molecule has 0 aliphatic rings. The minimum atomic E-state index is -0.0758. The van der Waals surface area contributed by atoms with Crippen molar-refractivity contribution in [1.29, 1.82) is 0 Å². The van der Waals surface area contributed by atoms with Crippen LogP contribution >= 0.6 is 11.3 Å². The fourth-order valence-corrected chi connectivity index (χ4v) is 1.43. The number of aromatic nitrogens is 1. The van der Waals surface area contributed by atoms with Crippen LogP contribution < -0.4 is 5.73 Å². The number of hydrogen-bond donors (Lipinski definition) is 1. The second-order valence-corrected chi connectivity index (χ2v) is 3.47. The molecule has 0 spiro atoms. The minimum absolute atomic E-state index is 0.0504. The van der Waals surface area contributed by atoms with E-state index in [1.165, 1.54) is 18.3 Å². The summed E-state index contributed by atoms with van der Waals surface area (Å²) in [6, 6.07) is -0.0758. The average molecular weight is 170 g/mol. The Morgan fingerprint density at radius 2 is 2.45 bits per heavy atom. The monoisotopic (exact) mass is 170 g/mol. The molecule has 11 heavy (non-hydrogen) atoms. The van der Waals surface area contributed by atoms with E-state index < -0.39 is 0 Å². The van der Waals surface area contributed by atoms with Crippen LogP contribution in [-0.2, 0) is 0 Å². The molecule has 4 heteroatoms. The van der Waals surface area contributed by atoms with Crippen LogP contribution in [0.5, 0.6) is 0 Å². The maximum atomic E-state index is 10.8. The molecule has 1 aromatic rings. The Kier molecular flexibility index (Phi) is 2.36. The predicted molar refractivity (Wildman–Crippen MR) is 44.7 cm³/mol. The largest absolute Gasteiger partial charge is 0.322 e. The van der Waals surface area contributed by atoms with Crippen molar-refractivity contribution < 1.29 is 4.79 Å².